The molecule has 360 valence electrons. The maximum atomic E-state index is 12.7. The third-order valence-corrected chi connectivity index (χ3v) is 11.5. The van der Waals surface area contributed by atoms with E-state index in [1.54, 1.807) is 0 Å². The standard InChI is InChI=1S/C57H102O5/c1-4-7-10-13-16-18-20-22-24-26-28-30-32-34-36-38-40-43-46-49-52-60-53-55(62-57(59)51-48-45-41-15-12-9-6-3)54-61-56(58)50-47-44-42-39-37-35-33-31-29-27-25-23-21-19-17-14-11-8-5-2/h7,10,16,18,22-25,28,30,55H,4-6,8-9,11-15,17,19-21,26-27,29,31-54H2,1-3H3/b10-7-,18-16-,24-22-,25-23-,30-28-. The van der Waals surface area contributed by atoms with Crippen LogP contribution in [-0.2, 0) is 23.8 Å². The first-order valence-electron chi connectivity index (χ1n) is 26.8. The van der Waals surface area contributed by atoms with Crippen LogP contribution in [0.1, 0.15) is 265 Å². The number of ether oxygens (including phenoxy) is 3. The van der Waals surface area contributed by atoms with Crippen LogP contribution >= 0.6 is 0 Å². The highest BCUT2D eigenvalue weighted by Gasteiger charge is 2.17. The van der Waals surface area contributed by atoms with Crippen molar-refractivity contribution < 1.29 is 23.8 Å². The Hall–Kier alpha value is -2.40. The Morgan fingerprint density at radius 2 is 0.726 bits per heavy atom. The van der Waals surface area contributed by atoms with Gasteiger partial charge in [-0.1, -0.05) is 229 Å². The predicted octanol–water partition coefficient (Wildman–Crippen LogP) is 18.1. The van der Waals surface area contributed by atoms with Crippen LogP contribution in [0.3, 0.4) is 0 Å². The molecule has 0 spiro atoms. The van der Waals surface area contributed by atoms with Gasteiger partial charge < -0.3 is 14.2 Å². The Morgan fingerprint density at radius 1 is 0.371 bits per heavy atom. The third kappa shape index (κ3) is 50.2. The van der Waals surface area contributed by atoms with E-state index in [1.807, 2.05) is 0 Å². The fourth-order valence-electron chi connectivity index (χ4n) is 7.56. The number of allylic oxidation sites excluding steroid dienone is 10. The first-order chi connectivity index (χ1) is 30.6. The second-order valence-corrected chi connectivity index (χ2v) is 17.8. The molecule has 0 rings (SSSR count). The quantitative estimate of drug-likeness (QED) is 0.0346. The van der Waals surface area contributed by atoms with Crippen LogP contribution in [0.2, 0.25) is 0 Å². The van der Waals surface area contributed by atoms with E-state index in [1.165, 1.54) is 167 Å². The number of hydrogen-bond donors (Lipinski definition) is 0. The highest BCUT2D eigenvalue weighted by atomic mass is 16.6. The van der Waals surface area contributed by atoms with E-state index in [0.717, 1.165) is 64.2 Å². The molecule has 0 N–H and O–H groups in total. The zero-order valence-electron chi connectivity index (χ0n) is 41.4. The lowest BCUT2D eigenvalue weighted by Crippen LogP contribution is -2.30. The fourth-order valence-corrected chi connectivity index (χ4v) is 7.56. The molecule has 0 aromatic carbocycles. The molecule has 0 heterocycles. The van der Waals surface area contributed by atoms with Crippen molar-refractivity contribution in [3.8, 4) is 0 Å². The van der Waals surface area contributed by atoms with Gasteiger partial charge in [0.1, 0.15) is 6.61 Å². The van der Waals surface area contributed by atoms with Gasteiger partial charge in [-0.15, -0.1) is 0 Å². The normalized spacial score (nSPS) is 12.6. The Bertz CT molecular complexity index is 1070. The topological polar surface area (TPSA) is 61.8 Å². The summed E-state index contributed by atoms with van der Waals surface area (Å²) in [6.45, 7) is 7.68. The zero-order valence-corrected chi connectivity index (χ0v) is 41.4. The molecule has 5 heteroatoms. The van der Waals surface area contributed by atoms with Crippen molar-refractivity contribution in [2.75, 3.05) is 19.8 Å². The zero-order chi connectivity index (χ0) is 44.9. The van der Waals surface area contributed by atoms with Gasteiger partial charge in [0.2, 0.25) is 0 Å². The van der Waals surface area contributed by atoms with Gasteiger partial charge in [-0.2, -0.15) is 0 Å². The number of carbonyl (C=O) groups is 2. The minimum Gasteiger partial charge on any atom is -0.462 e. The van der Waals surface area contributed by atoms with Crippen molar-refractivity contribution in [2.45, 2.75) is 271 Å². The number of hydrogen-bond acceptors (Lipinski definition) is 5. The van der Waals surface area contributed by atoms with E-state index in [9.17, 15) is 9.59 Å². The van der Waals surface area contributed by atoms with Crippen LogP contribution in [0.25, 0.3) is 0 Å². The molecule has 0 saturated heterocycles. The lowest BCUT2D eigenvalue weighted by Gasteiger charge is -2.18. The molecule has 0 aliphatic heterocycles. The van der Waals surface area contributed by atoms with Gasteiger partial charge in [0.05, 0.1) is 6.61 Å². The summed E-state index contributed by atoms with van der Waals surface area (Å²) in [5.74, 6) is -0.404. The van der Waals surface area contributed by atoms with Gasteiger partial charge in [0.25, 0.3) is 0 Å². The van der Waals surface area contributed by atoms with E-state index in [2.05, 4.69) is 81.5 Å². The van der Waals surface area contributed by atoms with E-state index >= 15 is 0 Å². The van der Waals surface area contributed by atoms with E-state index in [-0.39, 0.29) is 25.2 Å². The second kappa shape index (κ2) is 52.9. The average molecular weight is 867 g/mol. The van der Waals surface area contributed by atoms with E-state index in [4.69, 9.17) is 14.2 Å². The number of rotatable bonds is 49. The van der Waals surface area contributed by atoms with Gasteiger partial charge in [-0.3, -0.25) is 9.59 Å². The molecule has 0 aromatic heterocycles. The van der Waals surface area contributed by atoms with Crippen molar-refractivity contribution in [1.82, 2.24) is 0 Å². The minimum atomic E-state index is -0.540. The summed E-state index contributed by atoms with van der Waals surface area (Å²) in [5, 5.41) is 0. The maximum Gasteiger partial charge on any atom is 0.306 e. The molecule has 0 fully saturated rings. The molecule has 0 amide bonds. The van der Waals surface area contributed by atoms with Gasteiger partial charge in [0.15, 0.2) is 6.10 Å². The molecule has 0 aliphatic rings. The monoisotopic (exact) mass is 867 g/mol. The molecule has 1 unspecified atom stereocenters. The lowest BCUT2D eigenvalue weighted by atomic mass is 10.1. The largest absolute Gasteiger partial charge is 0.462 e. The number of unbranched alkanes of at least 4 members (excludes halogenated alkanes) is 28. The smallest absolute Gasteiger partial charge is 0.306 e. The van der Waals surface area contributed by atoms with E-state index < -0.39 is 6.10 Å². The van der Waals surface area contributed by atoms with Gasteiger partial charge in [-0.05, 0) is 83.5 Å². The summed E-state index contributed by atoms with van der Waals surface area (Å²) >= 11 is 0. The number of esters is 2. The molecule has 1 atom stereocenters. The summed E-state index contributed by atoms with van der Waals surface area (Å²) in [6.07, 6.45) is 66.8. The first kappa shape index (κ1) is 59.6. The first-order valence-corrected chi connectivity index (χ1v) is 26.8. The van der Waals surface area contributed by atoms with Gasteiger partial charge in [0, 0.05) is 19.4 Å². The molecule has 0 radical (unpaired) electrons. The SMILES string of the molecule is CC/C=C\C/C=C\C/C=C\C/C=C\CCCCCCCCCOCC(COC(=O)CCCCCCCCCCC/C=C\CCCCCCCC)OC(=O)CCCCCCCCC. The molecule has 0 saturated carbocycles. The van der Waals surface area contributed by atoms with E-state index in [0.29, 0.717) is 19.4 Å². The lowest BCUT2D eigenvalue weighted by molar-refractivity contribution is -0.163. The van der Waals surface area contributed by atoms with Gasteiger partial charge in [-0.25, -0.2) is 0 Å². The minimum absolute atomic E-state index is 0.0808. The molecule has 0 aliphatic carbocycles. The summed E-state index contributed by atoms with van der Waals surface area (Å²) in [4.78, 5) is 25.3. The molecular weight excluding hydrogens is 765 g/mol. The fraction of sp³-hybridized carbons (Fsp3) is 0.789. The average Bonchev–Trinajstić information content (AvgIpc) is 3.27. The maximum absolute atomic E-state index is 12.7. The molecule has 5 nitrogen and oxygen atoms in total. The van der Waals surface area contributed by atoms with Crippen LogP contribution in [-0.4, -0.2) is 37.9 Å². The van der Waals surface area contributed by atoms with Crippen molar-refractivity contribution >= 4 is 11.9 Å². The Balaban J connectivity index is 4.10. The van der Waals surface area contributed by atoms with Crippen LogP contribution < -0.4 is 0 Å². The molecule has 62 heavy (non-hydrogen) atoms. The Kier molecular flexibility index (Phi) is 50.9. The molecule has 0 bridgehead atoms. The second-order valence-electron chi connectivity index (χ2n) is 17.8. The molecule has 0 aromatic rings. The highest BCUT2D eigenvalue weighted by Crippen LogP contribution is 2.15. The summed E-state index contributed by atoms with van der Waals surface area (Å²) in [7, 11) is 0. The van der Waals surface area contributed by atoms with Crippen molar-refractivity contribution in [3.05, 3.63) is 60.8 Å². The van der Waals surface area contributed by atoms with Gasteiger partial charge >= 0.3 is 11.9 Å². The summed E-state index contributed by atoms with van der Waals surface area (Å²) < 4.78 is 17.4. The Labute approximate surface area is 385 Å². The van der Waals surface area contributed by atoms with Crippen LogP contribution in [0.5, 0.6) is 0 Å². The van der Waals surface area contributed by atoms with Crippen LogP contribution in [0.4, 0.5) is 0 Å². The Morgan fingerprint density at radius 3 is 1.18 bits per heavy atom. The molecular formula is C57H102O5. The predicted molar refractivity (Wildman–Crippen MR) is 270 cm³/mol. The van der Waals surface area contributed by atoms with Crippen molar-refractivity contribution in [3.63, 3.8) is 0 Å². The highest BCUT2D eigenvalue weighted by molar-refractivity contribution is 5.70. The summed E-state index contributed by atoms with van der Waals surface area (Å²) in [6, 6.07) is 0. The van der Waals surface area contributed by atoms with Crippen LogP contribution in [0.15, 0.2) is 60.8 Å². The van der Waals surface area contributed by atoms with Crippen molar-refractivity contribution in [2.24, 2.45) is 0 Å². The number of carbonyl (C=O) groups excluding carboxylic acids is 2. The van der Waals surface area contributed by atoms with Crippen LogP contribution in [0, 0.1) is 0 Å². The summed E-state index contributed by atoms with van der Waals surface area (Å²) in [5.41, 5.74) is 0. The van der Waals surface area contributed by atoms with Crippen molar-refractivity contribution in [1.29, 1.82) is 0 Å². The third-order valence-electron chi connectivity index (χ3n) is 11.5.